The number of nitrogen functional groups attached to an aromatic ring is 1. The Hall–Kier alpha value is -1.06. The van der Waals surface area contributed by atoms with Gasteiger partial charge in [0.1, 0.15) is 0 Å². The van der Waals surface area contributed by atoms with Crippen LogP contribution in [-0.4, -0.2) is 5.11 Å². The number of thiophene rings is 1. The average molecular weight is 207 g/mol. The van der Waals surface area contributed by atoms with Gasteiger partial charge in [-0.15, -0.1) is 11.3 Å². The van der Waals surface area contributed by atoms with Crippen LogP contribution in [0.3, 0.4) is 0 Å². The molecule has 0 bridgehead atoms. The monoisotopic (exact) mass is 207 g/mol. The summed E-state index contributed by atoms with van der Waals surface area (Å²) in [4.78, 5) is 0. The minimum Gasteiger partial charge on any atom is -0.398 e. The van der Waals surface area contributed by atoms with Gasteiger partial charge in [-0.3, -0.25) is 0 Å². The number of hydrogen-bond donors (Lipinski definition) is 2. The lowest BCUT2D eigenvalue weighted by atomic mass is 10.0. The van der Waals surface area contributed by atoms with Crippen LogP contribution in [0.5, 0.6) is 0 Å². The van der Waals surface area contributed by atoms with E-state index in [2.05, 4.69) is 6.92 Å². The molecule has 0 atom stereocenters. The molecule has 0 aliphatic carbocycles. The molecule has 0 radical (unpaired) electrons. The van der Waals surface area contributed by atoms with Crippen molar-refractivity contribution in [3.8, 4) is 0 Å². The highest BCUT2D eigenvalue weighted by atomic mass is 32.1. The molecule has 0 saturated carbocycles. The van der Waals surface area contributed by atoms with Gasteiger partial charge in [-0.1, -0.05) is 6.92 Å². The lowest BCUT2D eigenvalue weighted by Crippen LogP contribution is -1.99. The zero-order valence-electron chi connectivity index (χ0n) is 8.08. The summed E-state index contributed by atoms with van der Waals surface area (Å²) >= 11 is 1.66. The van der Waals surface area contributed by atoms with Crippen molar-refractivity contribution in [2.45, 2.75) is 20.0 Å². The first kappa shape index (κ1) is 9.49. The molecule has 0 unspecified atom stereocenters. The van der Waals surface area contributed by atoms with Crippen molar-refractivity contribution in [2.24, 2.45) is 0 Å². The molecule has 0 fully saturated rings. The fourth-order valence-corrected chi connectivity index (χ4v) is 2.77. The second kappa shape index (κ2) is 3.59. The van der Waals surface area contributed by atoms with Gasteiger partial charge < -0.3 is 10.8 Å². The molecule has 74 valence electrons. The quantitative estimate of drug-likeness (QED) is 0.743. The summed E-state index contributed by atoms with van der Waals surface area (Å²) in [6, 6.07) is 4.03. The minimum absolute atomic E-state index is 0.0746. The van der Waals surface area contributed by atoms with E-state index in [4.69, 9.17) is 5.73 Å². The third-order valence-corrected chi connectivity index (χ3v) is 3.50. The second-order valence-corrected chi connectivity index (χ2v) is 4.19. The van der Waals surface area contributed by atoms with E-state index in [1.54, 1.807) is 11.3 Å². The van der Waals surface area contributed by atoms with E-state index < -0.39 is 0 Å². The number of hydrogen-bond acceptors (Lipinski definition) is 3. The Morgan fingerprint density at radius 1 is 1.43 bits per heavy atom. The van der Waals surface area contributed by atoms with Crippen molar-refractivity contribution < 1.29 is 5.11 Å². The van der Waals surface area contributed by atoms with Gasteiger partial charge >= 0.3 is 0 Å². The molecule has 1 heterocycles. The summed E-state index contributed by atoms with van der Waals surface area (Å²) in [5, 5.41) is 12.5. The molecule has 3 heteroatoms. The van der Waals surface area contributed by atoms with Crippen molar-refractivity contribution in [3.05, 3.63) is 28.6 Å². The molecular weight excluding hydrogens is 194 g/mol. The van der Waals surface area contributed by atoms with Crippen LogP contribution < -0.4 is 5.73 Å². The van der Waals surface area contributed by atoms with E-state index in [-0.39, 0.29) is 6.61 Å². The number of fused-ring (bicyclic) bond motifs is 1. The van der Waals surface area contributed by atoms with Crippen LogP contribution in [0.1, 0.15) is 18.1 Å². The third-order valence-electron chi connectivity index (χ3n) is 2.51. The van der Waals surface area contributed by atoms with Crippen LogP contribution in [0.2, 0.25) is 0 Å². The largest absolute Gasteiger partial charge is 0.398 e. The van der Waals surface area contributed by atoms with Crippen molar-refractivity contribution in [1.82, 2.24) is 0 Å². The lowest BCUT2D eigenvalue weighted by Gasteiger charge is -2.09. The Kier molecular flexibility index (Phi) is 2.44. The van der Waals surface area contributed by atoms with E-state index in [1.807, 2.05) is 17.5 Å². The number of aliphatic hydroxyl groups excluding tert-OH is 1. The Labute approximate surface area is 87.0 Å². The number of aliphatic hydroxyl groups is 1. The van der Waals surface area contributed by atoms with E-state index in [0.29, 0.717) is 0 Å². The number of nitrogens with two attached hydrogens (primary N) is 1. The van der Waals surface area contributed by atoms with Gasteiger partial charge in [-0.05, 0) is 34.9 Å². The normalized spacial score (nSPS) is 11.0. The summed E-state index contributed by atoms with van der Waals surface area (Å²) in [6.45, 7) is 2.13. The van der Waals surface area contributed by atoms with Crippen molar-refractivity contribution in [1.29, 1.82) is 0 Å². The topological polar surface area (TPSA) is 46.2 Å². The van der Waals surface area contributed by atoms with Crippen molar-refractivity contribution in [3.63, 3.8) is 0 Å². The summed E-state index contributed by atoms with van der Waals surface area (Å²) in [7, 11) is 0. The molecule has 1 aromatic carbocycles. The van der Waals surface area contributed by atoms with E-state index >= 15 is 0 Å². The molecule has 0 aliphatic rings. The van der Waals surface area contributed by atoms with Gasteiger partial charge in [0.15, 0.2) is 0 Å². The zero-order valence-corrected chi connectivity index (χ0v) is 8.90. The molecule has 1 aromatic heterocycles. The SMILES string of the molecule is CCc1c(N)cc2ccsc2c1CO. The number of rotatable bonds is 2. The fraction of sp³-hybridized carbons (Fsp3) is 0.273. The van der Waals surface area contributed by atoms with Crippen molar-refractivity contribution >= 4 is 27.1 Å². The van der Waals surface area contributed by atoms with Crippen LogP contribution in [0.25, 0.3) is 10.1 Å². The average Bonchev–Trinajstić information content (AvgIpc) is 2.62. The molecule has 0 aliphatic heterocycles. The summed E-state index contributed by atoms with van der Waals surface area (Å²) in [5.74, 6) is 0. The minimum atomic E-state index is 0.0746. The van der Waals surface area contributed by atoms with Crippen molar-refractivity contribution in [2.75, 3.05) is 5.73 Å². The summed E-state index contributed by atoms with van der Waals surface area (Å²) < 4.78 is 1.17. The molecule has 0 saturated heterocycles. The summed E-state index contributed by atoms with van der Waals surface area (Å²) in [5.41, 5.74) is 8.80. The Morgan fingerprint density at radius 2 is 2.21 bits per heavy atom. The first-order valence-corrected chi connectivity index (χ1v) is 5.54. The Morgan fingerprint density at radius 3 is 2.86 bits per heavy atom. The highest BCUT2D eigenvalue weighted by molar-refractivity contribution is 7.17. The molecule has 0 spiro atoms. The zero-order chi connectivity index (χ0) is 10.1. The van der Waals surface area contributed by atoms with Gasteiger partial charge in [0, 0.05) is 16.0 Å². The highest BCUT2D eigenvalue weighted by Crippen LogP contribution is 2.31. The Balaban J connectivity index is 2.82. The molecule has 14 heavy (non-hydrogen) atoms. The molecule has 2 nitrogen and oxygen atoms in total. The number of anilines is 1. The molecule has 0 amide bonds. The standard InChI is InChI=1S/C11H13NOS/c1-2-8-9(6-13)11-7(3-4-14-11)5-10(8)12/h3-5,13H,2,6,12H2,1H3. The van der Waals surface area contributed by atoms with Crippen LogP contribution in [0, 0.1) is 0 Å². The second-order valence-electron chi connectivity index (χ2n) is 3.27. The molecule has 3 N–H and O–H groups in total. The predicted molar refractivity (Wildman–Crippen MR) is 61.5 cm³/mol. The maximum Gasteiger partial charge on any atom is 0.0699 e. The molecule has 2 rings (SSSR count). The Bertz CT molecular complexity index is 462. The van der Waals surface area contributed by atoms with E-state index in [0.717, 1.165) is 28.6 Å². The van der Waals surface area contributed by atoms with Gasteiger partial charge in [0.2, 0.25) is 0 Å². The fourth-order valence-electron chi connectivity index (χ4n) is 1.83. The first-order valence-electron chi connectivity index (χ1n) is 4.66. The first-order chi connectivity index (χ1) is 6.77. The van der Waals surface area contributed by atoms with Crippen LogP contribution >= 0.6 is 11.3 Å². The molecule has 2 aromatic rings. The molecular formula is C11H13NOS. The lowest BCUT2D eigenvalue weighted by molar-refractivity contribution is 0.282. The maximum absolute atomic E-state index is 9.34. The van der Waals surface area contributed by atoms with Gasteiger partial charge in [-0.25, -0.2) is 0 Å². The van der Waals surface area contributed by atoms with Gasteiger partial charge in [0.05, 0.1) is 6.61 Å². The predicted octanol–water partition coefficient (Wildman–Crippen LogP) is 2.54. The van der Waals surface area contributed by atoms with E-state index in [9.17, 15) is 5.11 Å². The number of benzene rings is 1. The van der Waals surface area contributed by atoms with E-state index in [1.165, 1.54) is 4.70 Å². The van der Waals surface area contributed by atoms with Crippen LogP contribution in [-0.2, 0) is 13.0 Å². The highest BCUT2D eigenvalue weighted by Gasteiger charge is 2.10. The van der Waals surface area contributed by atoms with Crippen LogP contribution in [0.4, 0.5) is 5.69 Å². The van der Waals surface area contributed by atoms with Gasteiger partial charge in [-0.2, -0.15) is 0 Å². The smallest absolute Gasteiger partial charge is 0.0699 e. The third kappa shape index (κ3) is 1.29. The maximum atomic E-state index is 9.34. The summed E-state index contributed by atoms with van der Waals surface area (Å²) in [6.07, 6.45) is 0.871. The van der Waals surface area contributed by atoms with Crippen LogP contribution in [0.15, 0.2) is 17.5 Å². The van der Waals surface area contributed by atoms with Gasteiger partial charge in [0.25, 0.3) is 0 Å².